The van der Waals surface area contributed by atoms with Gasteiger partial charge in [0.1, 0.15) is 0 Å². The normalized spacial score (nSPS) is 11.3. The molecule has 0 aliphatic carbocycles. The molecule has 0 spiro atoms. The highest BCUT2D eigenvalue weighted by Crippen LogP contribution is 2.36. The highest BCUT2D eigenvalue weighted by Gasteiger charge is 2.13. The number of benzene rings is 2. The van der Waals surface area contributed by atoms with Crippen LogP contribution in [0.3, 0.4) is 0 Å². The summed E-state index contributed by atoms with van der Waals surface area (Å²) in [6, 6.07) is 15.9. The molecule has 4 heteroatoms. The van der Waals surface area contributed by atoms with E-state index in [1.807, 2.05) is 48.7 Å². The fraction of sp³-hybridized carbons (Fsp3) is 0. The molecule has 0 unspecified atom stereocenters. The van der Waals surface area contributed by atoms with Gasteiger partial charge in [-0.05, 0) is 34.1 Å². The molecule has 0 saturated carbocycles. The van der Waals surface area contributed by atoms with Crippen molar-refractivity contribution < 1.29 is 0 Å². The maximum atomic E-state index is 5.98. The van der Waals surface area contributed by atoms with Crippen LogP contribution >= 0.6 is 27.5 Å². The molecule has 0 aliphatic rings. The van der Waals surface area contributed by atoms with E-state index in [-0.39, 0.29) is 0 Å². The Hall–Kier alpha value is -1.84. The highest BCUT2D eigenvalue weighted by molar-refractivity contribution is 9.10. The molecule has 2 aromatic heterocycles. The largest absolute Gasteiger partial charge is 0.358 e. The molecule has 2 nitrogen and oxygen atoms in total. The first-order valence-corrected chi connectivity index (χ1v) is 7.72. The molecule has 2 aromatic carbocycles. The third kappa shape index (κ3) is 2.04. The zero-order valence-corrected chi connectivity index (χ0v) is 13.2. The summed E-state index contributed by atoms with van der Waals surface area (Å²) in [5, 5.41) is 3.02. The number of nitrogens with one attached hydrogen (secondary N) is 1. The molecule has 0 radical (unpaired) electrons. The Kier molecular flexibility index (Phi) is 2.98. The number of fused-ring (bicyclic) bond motifs is 3. The number of H-pyrrole nitrogens is 1. The quantitative estimate of drug-likeness (QED) is 0.458. The first-order valence-electron chi connectivity index (χ1n) is 6.55. The van der Waals surface area contributed by atoms with E-state index in [0.717, 1.165) is 42.6 Å². The van der Waals surface area contributed by atoms with Crippen molar-refractivity contribution in [3.8, 4) is 11.3 Å². The standard InChI is InChI=1S/C17H10BrClN2/c18-13-9-20-17-15(13)12-3-1-2-4-14(12)21-16(17)10-5-7-11(19)8-6-10/h1-9,20H. The van der Waals surface area contributed by atoms with Gasteiger partial charge in [0.2, 0.25) is 0 Å². The molecule has 0 saturated heterocycles. The number of hydrogen-bond donors (Lipinski definition) is 1. The molecule has 0 aliphatic heterocycles. The fourth-order valence-corrected chi connectivity index (χ4v) is 3.28. The first-order chi connectivity index (χ1) is 10.2. The monoisotopic (exact) mass is 356 g/mol. The predicted octanol–water partition coefficient (Wildman–Crippen LogP) is 5.80. The van der Waals surface area contributed by atoms with E-state index in [9.17, 15) is 0 Å². The molecule has 0 fully saturated rings. The molecule has 2 heterocycles. The number of aromatic amines is 1. The number of hydrogen-bond acceptors (Lipinski definition) is 1. The van der Waals surface area contributed by atoms with Crippen molar-refractivity contribution in [3.05, 3.63) is 64.2 Å². The summed E-state index contributed by atoms with van der Waals surface area (Å²) in [7, 11) is 0. The number of halogens is 2. The molecule has 4 aromatic rings. The number of rotatable bonds is 1. The van der Waals surface area contributed by atoms with Crippen LogP contribution in [0.1, 0.15) is 0 Å². The third-order valence-electron chi connectivity index (χ3n) is 3.59. The summed E-state index contributed by atoms with van der Waals surface area (Å²) in [6.07, 6.45) is 1.96. The minimum Gasteiger partial charge on any atom is -0.358 e. The van der Waals surface area contributed by atoms with Gasteiger partial charge in [-0.15, -0.1) is 0 Å². The van der Waals surface area contributed by atoms with Gasteiger partial charge in [-0.25, -0.2) is 4.98 Å². The van der Waals surface area contributed by atoms with Crippen LogP contribution in [0.25, 0.3) is 33.1 Å². The lowest BCUT2D eigenvalue weighted by molar-refractivity contribution is 1.38. The molecule has 0 bridgehead atoms. The molecular weight excluding hydrogens is 348 g/mol. The van der Waals surface area contributed by atoms with Crippen LogP contribution in [-0.4, -0.2) is 9.97 Å². The summed E-state index contributed by atoms with van der Waals surface area (Å²) in [6.45, 7) is 0. The Labute approximate surface area is 134 Å². The summed E-state index contributed by atoms with van der Waals surface area (Å²) in [5.41, 5.74) is 3.99. The number of nitrogens with zero attached hydrogens (tertiary/aromatic N) is 1. The van der Waals surface area contributed by atoms with Crippen LogP contribution in [0.15, 0.2) is 59.2 Å². The fourth-order valence-electron chi connectivity index (χ4n) is 2.62. The SMILES string of the molecule is Clc1ccc(-c2nc3ccccc3c3c(Br)c[nH]c23)cc1. The van der Waals surface area contributed by atoms with Crippen LogP contribution in [0.2, 0.25) is 5.02 Å². The van der Waals surface area contributed by atoms with Crippen LogP contribution in [-0.2, 0) is 0 Å². The van der Waals surface area contributed by atoms with Crippen LogP contribution in [0.5, 0.6) is 0 Å². The van der Waals surface area contributed by atoms with E-state index in [1.54, 1.807) is 0 Å². The van der Waals surface area contributed by atoms with Crippen LogP contribution in [0, 0.1) is 0 Å². The van der Waals surface area contributed by atoms with Crippen LogP contribution < -0.4 is 0 Å². The maximum Gasteiger partial charge on any atom is 0.0950 e. The van der Waals surface area contributed by atoms with Gasteiger partial charge in [0.05, 0.1) is 16.7 Å². The summed E-state index contributed by atoms with van der Waals surface area (Å²) in [4.78, 5) is 8.14. The van der Waals surface area contributed by atoms with E-state index in [4.69, 9.17) is 16.6 Å². The second kappa shape index (κ2) is 4.86. The summed E-state index contributed by atoms with van der Waals surface area (Å²) < 4.78 is 1.05. The molecule has 1 N–H and O–H groups in total. The van der Waals surface area contributed by atoms with E-state index in [0.29, 0.717) is 0 Å². The first kappa shape index (κ1) is 12.9. The minimum atomic E-state index is 0.725. The molecular formula is C17H10BrClN2. The van der Waals surface area contributed by atoms with Crippen molar-refractivity contribution in [2.75, 3.05) is 0 Å². The van der Waals surface area contributed by atoms with Crippen molar-refractivity contribution in [3.63, 3.8) is 0 Å². The second-order valence-electron chi connectivity index (χ2n) is 4.87. The molecule has 0 amide bonds. The van der Waals surface area contributed by atoms with Crippen molar-refractivity contribution in [1.29, 1.82) is 0 Å². The van der Waals surface area contributed by atoms with Gasteiger partial charge in [0.15, 0.2) is 0 Å². The summed E-state index contributed by atoms with van der Waals surface area (Å²) in [5.74, 6) is 0. The van der Waals surface area contributed by atoms with Gasteiger partial charge in [0, 0.05) is 32.0 Å². The second-order valence-corrected chi connectivity index (χ2v) is 6.16. The predicted molar refractivity (Wildman–Crippen MR) is 91.7 cm³/mol. The Balaban J connectivity index is 2.14. The van der Waals surface area contributed by atoms with E-state index in [2.05, 4.69) is 27.0 Å². The van der Waals surface area contributed by atoms with Crippen molar-refractivity contribution in [2.24, 2.45) is 0 Å². The molecule has 4 rings (SSSR count). The summed E-state index contributed by atoms with van der Waals surface area (Å²) >= 11 is 9.61. The topological polar surface area (TPSA) is 28.7 Å². The van der Waals surface area contributed by atoms with Gasteiger partial charge in [0.25, 0.3) is 0 Å². The zero-order valence-electron chi connectivity index (χ0n) is 10.9. The lowest BCUT2D eigenvalue weighted by Crippen LogP contribution is -1.88. The third-order valence-corrected chi connectivity index (χ3v) is 4.47. The Morgan fingerprint density at radius 3 is 2.57 bits per heavy atom. The number of para-hydroxylation sites is 1. The van der Waals surface area contributed by atoms with Crippen molar-refractivity contribution >= 4 is 49.3 Å². The maximum absolute atomic E-state index is 5.98. The van der Waals surface area contributed by atoms with Crippen molar-refractivity contribution in [2.45, 2.75) is 0 Å². The van der Waals surface area contributed by atoms with Crippen LogP contribution in [0.4, 0.5) is 0 Å². The van der Waals surface area contributed by atoms with Gasteiger partial charge in [-0.2, -0.15) is 0 Å². The molecule has 21 heavy (non-hydrogen) atoms. The van der Waals surface area contributed by atoms with Crippen molar-refractivity contribution in [1.82, 2.24) is 9.97 Å². The average Bonchev–Trinajstić information content (AvgIpc) is 2.90. The van der Waals surface area contributed by atoms with E-state index >= 15 is 0 Å². The van der Waals surface area contributed by atoms with E-state index < -0.39 is 0 Å². The zero-order chi connectivity index (χ0) is 14.4. The van der Waals surface area contributed by atoms with Gasteiger partial charge in [-0.1, -0.05) is 41.9 Å². The lowest BCUT2D eigenvalue weighted by Gasteiger charge is -2.07. The molecule has 102 valence electrons. The smallest absolute Gasteiger partial charge is 0.0950 e. The van der Waals surface area contributed by atoms with Gasteiger partial charge >= 0.3 is 0 Å². The number of aromatic nitrogens is 2. The average molecular weight is 358 g/mol. The van der Waals surface area contributed by atoms with Gasteiger partial charge < -0.3 is 4.98 Å². The Morgan fingerprint density at radius 1 is 1.00 bits per heavy atom. The highest BCUT2D eigenvalue weighted by atomic mass is 79.9. The minimum absolute atomic E-state index is 0.725. The number of pyridine rings is 1. The Bertz CT molecular complexity index is 958. The molecule has 0 atom stereocenters. The van der Waals surface area contributed by atoms with Gasteiger partial charge in [-0.3, -0.25) is 0 Å². The lowest BCUT2D eigenvalue weighted by atomic mass is 10.1. The Morgan fingerprint density at radius 2 is 1.76 bits per heavy atom. The van der Waals surface area contributed by atoms with E-state index in [1.165, 1.54) is 0 Å².